The molecule has 0 amide bonds. The molecule has 1 spiro atoms. The number of ether oxygens (including phenoxy) is 1. The van der Waals surface area contributed by atoms with Gasteiger partial charge in [-0.2, -0.15) is 0 Å². The van der Waals surface area contributed by atoms with Crippen LogP contribution in [0.25, 0.3) is 60.9 Å². The molecule has 0 saturated carbocycles. The molecule has 0 saturated heterocycles. The Kier molecular flexibility index (Phi) is 4.98. The van der Waals surface area contributed by atoms with Gasteiger partial charge in [-0.3, -0.25) is 4.79 Å². The molecule has 2 heterocycles. The number of rotatable bonds is 1. The van der Waals surface area contributed by atoms with E-state index in [1.165, 1.54) is 44.5 Å². The van der Waals surface area contributed by atoms with E-state index in [4.69, 9.17) is 4.74 Å². The van der Waals surface area contributed by atoms with Gasteiger partial charge in [-0.05, 0) is 80.4 Å². The van der Waals surface area contributed by atoms with Crippen molar-refractivity contribution < 1.29 is 9.53 Å². The lowest BCUT2D eigenvalue weighted by Gasteiger charge is -2.30. The Morgan fingerprint density at radius 2 is 1.02 bits per heavy atom. The predicted molar refractivity (Wildman–Crippen MR) is 192 cm³/mol. The number of hydrogen-bond donors (Lipinski definition) is 0. The second kappa shape index (κ2) is 9.21. The van der Waals surface area contributed by atoms with Gasteiger partial charge < -0.3 is 9.30 Å². The fourth-order valence-electron chi connectivity index (χ4n) is 9.01. The molecule has 48 heavy (non-hydrogen) atoms. The molecule has 1 aliphatic heterocycles. The van der Waals surface area contributed by atoms with E-state index < -0.39 is 5.41 Å². The molecule has 3 heteroatoms. The zero-order valence-corrected chi connectivity index (χ0v) is 25.9. The fourth-order valence-corrected chi connectivity index (χ4v) is 9.01. The Balaban J connectivity index is 1.24. The first kappa shape index (κ1) is 25.9. The van der Waals surface area contributed by atoms with Gasteiger partial charge in [0.2, 0.25) is 5.78 Å². The number of aromatic nitrogens is 1. The van der Waals surface area contributed by atoms with Crippen molar-refractivity contribution in [2.75, 3.05) is 6.61 Å². The van der Waals surface area contributed by atoms with Crippen molar-refractivity contribution in [3.05, 3.63) is 179 Å². The molecule has 0 radical (unpaired) electrons. The highest BCUT2D eigenvalue weighted by atomic mass is 16.5. The van der Waals surface area contributed by atoms with E-state index in [2.05, 4.69) is 132 Å². The minimum Gasteiger partial charge on any atom is -0.485 e. The van der Waals surface area contributed by atoms with Crippen molar-refractivity contribution in [1.82, 2.24) is 4.57 Å². The van der Waals surface area contributed by atoms with E-state index in [9.17, 15) is 4.79 Å². The van der Waals surface area contributed by atoms with Crippen molar-refractivity contribution in [1.29, 1.82) is 0 Å². The van der Waals surface area contributed by atoms with Gasteiger partial charge in [-0.1, -0.05) is 121 Å². The number of benzene rings is 7. The summed E-state index contributed by atoms with van der Waals surface area (Å²) in [5.74, 6) is 0.742. The summed E-state index contributed by atoms with van der Waals surface area (Å²) in [5, 5.41) is 2.25. The third-order valence-corrected chi connectivity index (χ3v) is 10.9. The molecule has 0 N–H and O–H groups in total. The number of carbonyl (C=O) groups excluding carboxylic acids is 1. The molecule has 0 atom stereocenters. The second-order valence-corrected chi connectivity index (χ2v) is 13.1. The Morgan fingerprint density at radius 3 is 1.71 bits per heavy atom. The van der Waals surface area contributed by atoms with Gasteiger partial charge in [0.1, 0.15) is 5.75 Å². The summed E-state index contributed by atoms with van der Waals surface area (Å²) in [4.78, 5) is 13.1. The van der Waals surface area contributed by atoms with E-state index in [-0.39, 0.29) is 12.4 Å². The monoisotopic (exact) mass is 613 g/mol. The highest BCUT2D eigenvalue weighted by Gasteiger charge is 2.51. The van der Waals surface area contributed by atoms with Gasteiger partial charge in [-0.15, -0.1) is 0 Å². The smallest absolute Gasteiger partial charge is 0.200 e. The van der Waals surface area contributed by atoms with Crippen LogP contribution < -0.4 is 4.74 Å². The highest BCUT2D eigenvalue weighted by molar-refractivity contribution is 6.13. The Bertz CT molecular complexity index is 2650. The number of hydrogen-bond acceptors (Lipinski definition) is 2. The highest BCUT2D eigenvalue weighted by Crippen LogP contribution is 2.63. The van der Waals surface area contributed by atoms with Crippen LogP contribution in [-0.2, 0) is 5.41 Å². The van der Waals surface area contributed by atoms with Gasteiger partial charge in [0.25, 0.3) is 0 Å². The second-order valence-electron chi connectivity index (χ2n) is 13.1. The topological polar surface area (TPSA) is 31.2 Å². The van der Waals surface area contributed by atoms with Crippen LogP contribution in [0.1, 0.15) is 32.6 Å². The van der Waals surface area contributed by atoms with Crippen molar-refractivity contribution in [2.45, 2.75) is 5.41 Å². The van der Waals surface area contributed by atoms with E-state index in [1.807, 2.05) is 24.3 Å². The Labute approximate surface area is 277 Å². The maximum absolute atomic E-state index is 13.1. The number of Topliss-reactive ketones (excluding diaryl/α,β-unsaturated/α-hetero) is 1. The van der Waals surface area contributed by atoms with Crippen molar-refractivity contribution >= 4 is 27.6 Å². The van der Waals surface area contributed by atoms with Crippen LogP contribution in [0.4, 0.5) is 0 Å². The van der Waals surface area contributed by atoms with Crippen molar-refractivity contribution in [3.8, 4) is 44.8 Å². The summed E-state index contributed by atoms with van der Waals surface area (Å²) in [6.07, 6.45) is 0. The van der Waals surface area contributed by atoms with Crippen LogP contribution in [0.3, 0.4) is 0 Å². The Morgan fingerprint density at radius 1 is 0.458 bits per heavy atom. The first-order chi connectivity index (χ1) is 23.7. The summed E-state index contributed by atoms with van der Waals surface area (Å²) < 4.78 is 8.58. The molecule has 0 unspecified atom stereocenters. The van der Waals surface area contributed by atoms with Crippen molar-refractivity contribution in [3.63, 3.8) is 0 Å². The number of nitrogens with zero attached hydrogens (tertiary/aromatic N) is 1. The quantitative estimate of drug-likeness (QED) is 0.184. The summed E-state index contributed by atoms with van der Waals surface area (Å²) in [7, 11) is 0. The number of para-hydroxylation sites is 1. The zero-order valence-electron chi connectivity index (χ0n) is 25.9. The van der Waals surface area contributed by atoms with Crippen LogP contribution in [0.5, 0.6) is 5.75 Å². The molecule has 11 rings (SSSR count). The zero-order chi connectivity index (χ0) is 31.6. The average molecular weight is 614 g/mol. The minimum absolute atomic E-state index is 0.000159. The summed E-state index contributed by atoms with van der Waals surface area (Å²) in [5.41, 5.74) is 15.9. The van der Waals surface area contributed by atoms with Crippen LogP contribution in [0, 0.1) is 0 Å². The summed E-state index contributed by atoms with van der Waals surface area (Å²) >= 11 is 0. The van der Waals surface area contributed by atoms with Gasteiger partial charge in [-0.25, -0.2) is 0 Å². The number of ketones is 1. The van der Waals surface area contributed by atoms with Crippen molar-refractivity contribution in [2.24, 2.45) is 0 Å². The first-order valence-electron chi connectivity index (χ1n) is 16.5. The van der Waals surface area contributed by atoms with Crippen LogP contribution in [0.15, 0.2) is 152 Å². The lowest BCUT2D eigenvalue weighted by atomic mass is 9.70. The largest absolute Gasteiger partial charge is 0.485 e. The molecular formula is C45H27NO2. The molecule has 0 bridgehead atoms. The standard InChI is InChI=1S/C45H27NO2/c47-43-26-48-44-25-35-33-15-6-10-20-41(33)46(42(35)24-36(44)28-11-1-2-16-34(28)43)27-21-22-32-31-14-5-9-19-39(31)45(40(32)23-27)37-17-7-3-12-29(37)30-13-4-8-18-38(30)45/h1-25H,26H2. The van der Waals surface area contributed by atoms with Gasteiger partial charge in [0, 0.05) is 27.6 Å². The maximum Gasteiger partial charge on any atom is 0.200 e. The third-order valence-electron chi connectivity index (χ3n) is 10.9. The SMILES string of the molecule is O=C1COc2cc3c4ccccc4n(-c4ccc5c(c4)C4(c6ccccc6-c6ccccc64)c4ccccc4-5)c3cc2-c2ccccc21. The molecule has 224 valence electrons. The molecule has 2 aliphatic carbocycles. The van der Waals surface area contributed by atoms with E-state index in [0.717, 1.165) is 44.4 Å². The molecule has 8 aromatic rings. The van der Waals surface area contributed by atoms with Crippen LogP contribution >= 0.6 is 0 Å². The minimum atomic E-state index is -0.419. The normalized spacial score (nSPS) is 14.5. The van der Waals surface area contributed by atoms with E-state index >= 15 is 0 Å². The fraction of sp³-hybridized carbons (Fsp3) is 0.0444. The molecular weight excluding hydrogens is 587 g/mol. The molecule has 1 aromatic heterocycles. The van der Waals surface area contributed by atoms with Crippen LogP contribution in [-0.4, -0.2) is 17.0 Å². The average Bonchev–Trinajstić information content (AvgIpc) is 3.71. The van der Waals surface area contributed by atoms with Gasteiger partial charge in [0.05, 0.1) is 16.4 Å². The summed E-state index contributed by atoms with van der Waals surface area (Å²) in [6.45, 7) is 0.0323. The van der Waals surface area contributed by atoms with Gasteiger partial charge >= 0.3 is 0 Å². The predicted octanol–water partition coefficient (Wildman–Crippen LogP) is 10.4. The van der Waals surface area contributed by atoms with Gasteiger partial charge in [0.15, 0.2) is 6.61 Å². The molecule has 3 nitrogen and oxygen atoms in total. The lowest BCUT2D eigenvalue weighted by molar-refractivity contribution is 0.0926. The van der Waals surface area contributed by atoms with E-state index in [0.29, 0.717) is 5.56 Å². The first-order valence-corrected chi connectivity index (χ1v) is 16.5. The van der Waals surface area contributed by atoms with Crippen LogP contribution in [0.2, 0.25) is 0 Å². The summed E-state index contributed by atoms with van der Waals surface area (Å²) in [6, 6.07) is 54.6. The number of carbonyl (C=O) groups is 1. The number of fused-ring (bicyclic) bond motifs is 16. The molecule has 3 aliphatic rings. The van der Waals surface area contributed by atoms with E-state index in [1.54, 1.807) is 0 Å². The Hall–Kier alpha value is -6.19. The third kappa shape index (κ3) is 3.11. The molecule has 7 aromatic carbocycles. The molecule has 0 fully saturated rings. The lowest BCUT2D eigenvalue weighted by Crippen LogP contribution is -2.26. The maximum atomic E-state index is 13.1.